The summed E-state index contributed by atoms with van der Waals surface area (Å²) in [5.74, 6) is -0.368. The number of hydrogen-bond donors (Lipinski definition) is 1. The van der Waals surface area contributed by atoms with Crippen LogP contribution in [-0.2, 0) is 11.3 Å². The first kappa shape index (κ1) is 15.6. The number of allylic oxidation sites excluding steroid dienone is 2. The zero-order chi connectivity index (χ0) is 15.4. The van der Waals surface area contributed by atoms with Gasteiger partial charge in [0.1, 0.15) is 11.2 Å². The van der Waals surface area contributed by atoms with E-state index < -0.39 is 5.97 Å². The van der Waals surface area contributed by atoms with Crippen LogP contribution in [0.5, 0.6) is 0 Å². The Hall–Kier alpha value is -1.75. The molecule has 1 heterocycles. The van der Waals surface area contributed by atoms with Crippen LogP contribution in [-0.4, -0.2) is 27.1 Å². The number of hydrogen-bond acceptors (Lipinski definition) is 3. The van der Waals surface area contributed by atoms with Gasteiger partial charge >= 0.3 is 5.97 Å². The van der Waals surface area contributed by atoms with E-state index in [0.29, 0.717) is 12.1 Å². The Morgan fingerprint density at radius 2 is 2.24 bits per heavy atom. The molecular weight excluding hydrogens is 289 g/mol. The molecule has 1 unspecified atom stereocenters. The van der Waals surface area contributed by atoms with Gasteiger partial charge in [-0.15, -0.1) is 11.8 Å². The summed E-state index contributed by atoms with van der Waals surface area (Å²) in [6.45, 7) is 4.29. The molecule has 0 saturated carbocycles. The summed E-state index contributed by atoms with van der Waals surface area (Å²) >= 11 is 1.57. The van der Waals surface area contributed by atoms with Gasteiger partial charge in [0.25, 0.3) is 0 Å². The predicted molar refractivity (Wildman–Crippen MR) is 83.3 cm³/mol. The Morgan fingerprint density at radius 1 is 1.48 bits per heavy atom. The molecule has 5 heteroatoms. The summed E-state index contributed by atoms with van der Waals surface area (Å²) in [7, 11) is 0. The summed E-state index contributed by atoms with van der Waals surface area (Å²) in [6, 6.07) is 6.39. The third-order valence-electron chi connectivity index (χ3n) is 3.30. The van der Waals surface area contributed by atoms with Crippen molar-refractivity contribution in [1.82, 2.24) is 4.90 Å². The molecule has 0 radical (unpaired) electrons. The second-order valence-corrected chi connectivity index (χ2v) is 6.18. The van der Waals surface area contributed by atoms with E-state index in [9.17, 15) is 14.3 Å². The van der Waals surface area contributed by atoms with Crippen molar-refractivity contribution in [1.29, 1.82) is 0 Å². The molecule has 1 atom stereocenters. The van der Waals surface area contributed by atoms with Crippen LogP contribution >= 0.6 is 11.8 Å². The number of nitrogens with zero attached hydrogens (tertiary/aromatic N) is 1. The van der Waals surface area contributed by atoms with E-state index in [0.717, 1.165) is 16.9 Å². The Labute approximate surface area is 128 Å². The van der Waals surface area contributed by atoms with Crippen LogP contribution in [0.2, 0.25) is 0 Å². The standard InChI is InChI=1S/C16H18FNO2S/c1-3-21-15-14(16(19)20)11(2)7-8-18(15)10-12-5-4-6-13(17)9-12/h4-9,15H,3,10H2,1-2H3,(H,19,20). The molecule has 3 nitrogen and oxygen atoms in total. The number of benzene rings is 1. The highest BCUT2D eigenvalue weighted by atomic mass is 32.2. The van der Waals surface area contributed by atoms with Gasteiger partial charge < -0.3 is 10.0 Å². The van der Waals surface area contributed by atoms with Gasteiger partial charge in [-0.1, -0.05) is 19.1 Å². The first-order valence-electron chi connectivity index (χ1n) is 6.77. The highest BCUT2D eigenvalue weighted by Crippen LogP contribution is 2.31. The van der Waals surface area contributed by atoms with Crippen molar-refractivity contribution in [3.8, 4) is 0 Å². The SMILES string of the molecule is CCSC1C(C(=O)O)=C(C)C=CN1Cc1cccc(F)c1. The van der Waals surface area contributed by atoms with Crippen LogP contribution in [0.1, 0.15) is 19.4 Å². The van der Waals surface area contributed by atoms with E-state index in [1.807, 2.05) is 31.0 Å². The third-order valence-corrected chi connectivity index (χ3v) is 4.45. The molecule has 1 aromatic rings. The van der Waals surface area contributed by atoms with Gasteiger partial charge in [-0.2, -0.15) is 0 Å². The fraction of sp³-hybridized carbons (Fsp3) is 0.312. The van der Waals surface area contributed by atoms with Crippen molar-refractivity contribution in [2.75, 3.05) is 5.75 Å². The molecule has 2 rings (SSSR count). The summed E-state index contributed by atoms with van der Waals surface area (Å²) in [5, 5.41) is 9.19. The highest BCUT2D eigenvalue weighted by molar-refractivity contribution is 8.00. The molecule has 1 aliphatic rings. The van der Waals surface area contributed by atoms with Crippen molar-refractivity contribution < 1.29 is 14.3 Å². The van der Waals surface area contributed by atoms with E-state index in [-0.39, 0.29) is 11.2 Å². The minimum atomic E-state index is -0.896. The summed E-state index contributed by atoms with van der Waals surface area (Å²) in [4.78, 5) is 13.5. The molecule has 0 aromatic heterocycles. The number of rotatable bonds is 5. The maximum absolute atomic E-state index is 13.3. The number of carboxylic acids is 1. The zero-order valence-electron chi connectivity index (χ0n) is 12.0. The molecular formula is C16H18FNO2S. The average molecular weight is 307 g/mol. The van der Waals surface area contributed by atoms with Gasteiger partial charge in [-0.3, -0.25) is 0 Å². The summed E-state index contributed by atoms with van der Waals surface area (Å²) < 4.78 is 13.3. The van der Waals surface area contributed by atoms with Crippen LogP contribution in [0.4, 0.5) is 4.39 Å². The second kappa shape index (κ2) is 6.80. The molecule has 112 valence electrons. The molecule has 0 saturated heterocycles. The minimum absolute atomic E-state index is 0.249. The van der Waals surface area contributed by atoms with Crippen LogP contribution < -0.4 is 0 Å². The molecule has 0 aliphatic carbocycles. The molecule has 0 spiro atoms. The van der Waals surface area contributed by atoms with Crippen LogP contribution in [0.25, 0.3) is 0 Å². The third kappa shape index (κ3) is 3.67. The number of halogens is 1. The first-order chi connectivity index (χ1) is 10.0. The van der Waals surface area contributed by atoms with Crippen molar-refractivity contribution >= 4 is 17.7 Å². The van der Waals surface area contributed by atoms with Gasteiger partial charge in [0.2, 0.25) is 0 Å². The predicted octanol–water partition coefficient (Wildman–Crippen LogP) is 3.64. The van der Waals surface area contributed by atoms with E-state index in [1.165, 1.54) is 12.1 Å². The maximum atomic E-state index is 13.3. The van der Waals surface area contributed by atoms with Crippen molar-refractivity contribution in [3.05, 3.63) is 59.1 Å². The number of carbonyl (C=O) groups is 1. The van der Waals surface area contributed by atoms with Crippen molar-refractivity contribution in [3.63, 3.8) is 0 Å². The maximum Gasteiger partial charge on any atom is 0.334 e. The molecule has 0 amide bonds. The van der Waals surface area contributed by atoms with Gasteiger partial charge in [-0.05, 0) is 42.0 Å². The lowest BCUT2D eigenvalue weighted by Gasteiger charge is -2.34. The Kier molecular flexibility index (Phi) is 5.07. The molecule has 0 bridgehead atoms. The van der Waals surface area contributed by atoms with E-state index in [4.69, 9.17) is 0 Å². The van der Waals surface area contributed by atoms with Gasteiger partial charge in [0, 0.05) is 12.7 Å². The lowest BCUT2D eigenvalue weighted by Crippen LogP contribution is -2.35. The molecule has 0 fully saturated rings. The van der Waals surface area contributed by atoms with Crippen LogP contribution in [0, 0.1) is 5.82 Å². The Bertz CT molecular complexity index is 598. The van der Waals surface area contributed by atoms with E-state index in [1.54, 1.807) is 23.9 Å². The molecule has 1 N–H and O–H groups in total. The normalized spacial score (nSPS) is 18.2. The van der Waals surface area contributed by atoms with E-state index >= 15 is 0 Å². The van der Waals surface area contributed by atoms with Crippen LogP contribution in [0.15, 0.2) is 47.7 Å². The molecule has 21 heavy (non-hydrogen) atoms. The van der Waals surface area contributed by atoms with Crippen molar-refractivity contribution in [2.24, 2.45) is 0 Å². The van der Waals surface area contributed by atoms with Gasteiger partial charge in [0.05, 0.1) is 5.57 Å². The lowest BCUT2D eigenvalue weighted by molar-refractivity contribution is -0.133. The van der Waals surface area contributed by atoms with Crippen LogP contribution in [0.3, 0.4) is 0 Å². The second-order valence-electron chi connectivity index (χ2n) is 4.83. The van der Waals surface area contributed by atoms with E-state index in [2.05, 4.69) is 0 Å². The summed E-state index contributed by atoms with van der Waals surface area (Å²) in [5.41, 5.74) is 2.00. The fourth-order valence-corrected chi connectivity index (χ4v) is 3.43. The van der Waals surface area contributed by atoms with Gasteiger partial charge in [-0.25, -0.2) is 9.18 Å². The number of thioether (sulfide) groups is 1. The average Bonchev–Trinajstić information content (AvgIpc) is 2.42. The largest absolute Gasteiger partial charge is 0.478 e. The Morgan fingerprint density at radius 3 is 2.86 bits per heavy atom. The number of carboxylic acid groups (broad SMARTS) is 1. The van der Waals surface area contributed by atoms with Crippen molar-refractivity contribution in [2.45, 2.75) is 25.8 Å². The minimum Gasteiger partial charge on any atom is -0.478 e. The zero-order valence-corrected chi connectivity index (χ0v) is 12.9. The smallest absolute Gasteiger partial charge is 0.334 e. The number of aliphatic carboxylic acids is 1. The Balaban J connectivity index is 2.27. The summed E-state index contributed by atoms with van der Waals surface area (Å²) in [6.07, 6.45) is 3.69. The topological polar surface area (TPSA) is 40.5 Å². The highest BCUT2D eigenvalue weighted by Gasteiger charge is 2.29. The van der Waals surface area contributed by atoms with Gasteiger partial charge in [0.15, 0.2) is 0 Å². The fourth-order valence-electron chi connectivity index (χ4n) is 2.33. The first-order valence-corrected chi connectivity index (χ1v) is 7.82. The lowest BCUT2D eigenvalue weighted by atomic mass is 10.1. The quantitative estimate of drug-likeness (QED) is 0.901. The molecule has 1 aliphatic heterocycles. The molecule has 1 aromatic carbocycles. The monoisotopic (exact) mass is 307 g/mol.